The molecule has 204 valence electrons. The number of amides is 2. The molecule has 7 heteroatoms. The highest BCUT2D eigenvalue weighted by molar-refractivity contribution is 5.81. The Balaban J connectivity index is 1.59. The van der Waals surface area contributed by atoms with Crippen molar-refractivity contribution < 1.29 is 18.7 Å². The van der Waals surface area contributed by atoms with Gasteiger partial charge in [-0.2, -0.15) is 0 Å². The van der Waals surface area contributed by atoms with E-state index in [1.54, 1.807) is 6.07 Å². The molecule has 0 saturated carbocycles. The number of benzene rings is 2. The molecule has 4 rings (SSSR count). The maximum Gasteiger partial charge on any atom is 0.263 e. The maximum absolute atomic E-state index is 14.3. The minimum absolute atomic E-state index is 0.00103. The monoisotopic (exact) mass is 521 g/mol. The molecule has 6 nitrogen and oxygen atoms in total. The van der Waals surface area contributed by atoms with Gasteiger partial charge in [0.15, 0.2) is 6.10 Å². The molecule has 2 heterocycles. The summed E-state index contributed by atoms with van der Waals surface area (Å²) in [5.74, 6) is 0.543. The van der Waals surface area contributed by atoms with E-state index in [-0.39, 0.29) is 23.5 Å². The first-order valence-corrected chi connectivity index (χ1v) is 13.8. The van der Waals surface area contributed by atoms with Crippen molar-refractivity contribution >= 4 is 11.8 Å². The lowest BCUT2D eigenvalue weighted by atomic mass is 9.87. The third-order valence-electron chi connectivity index (χ3n) is 7.41. The van der Waals surface area contributed by atoms with Gasteiger partial charge in [-0.05, 0) is 59.7 Å². The third kappa shape index (κ3) is 6.44. The largest absolute Gasteiger partial charge is 0.481 e. The van der Waals surface area contributed by atoms with E-state index in [1.807, 2.05) is 60.9 Å². The van der Waals surface area contributed by atoms with Gasteiger partial charge in [0.25, 0.3) is 5.91 Å². The fourth-order valence-corrected chi connectivity index (χ4v) is 5.45. The van der Waals surface area contributed by atoms with Crippen LogP contribution >= 0.6 is 0 Å². The van der Waals surface area contributed by atoms with Gasteiger partial charge < -0.3 is 14.5 Å². The quantitative estimate of drug-likeness (QED) is 0.444. The zero-order valence-electron chi connectivity index (χ0n) is 22.9. The predicted molar refractivity (Wildman–Crippen MR) is 147 cm³/mol. The molecule has 0 aromatic heterocycles. The van der Waals surface area contributed by atoms with E-state index in [2.05, 4.69) is 11.5 Å². The van der Waals surface area contributed by atoms with Gasteiger partial charge in [0.1, 0.15) is 11.6 Å². The Morgan fingerprint density at radius 3 is 2.53 bits per heavy atom. The van der Waals surface area contributed by atoms with Crippen LogP contribution in [0.5, 0.6) is 5.75 Å². The van der Waals surface area contributed by atoms with Crippen molar-refractivity contribution in [3.05, 3.63) is 77.6 Å². The molecule has 2 aromatic rings. The number of hydrogen-bond donors (Lipinski definition) is 0. The highest BCUT2D eigenvalue weighted by Gasteiger charge is 2.33. The number of hydrogen-bond acceptors (Lipinski definition) is 4. The number of piperazine rings is 1. The summed E-state index contributed by atoms with van der Waals surface area (Å²) in [7, 11) is 0. The van der Waals surface area contributed by atoms with Gasteiger partial charge in [-0.3, -0.25) is 14.5 Å². The Morgan fingerprint density at radius 1 is 1.11 bits per heavy atom. The number of fused-ring (bicyclic) bond motifs is 1. The van der Waals surface area contributed by atoms with Crippen molar-refractivity contribution in [1.29, 1.82) is 0 Å². The Kier molecular flexibility index (Phi) is 9.21. The number of halogens is 1. The average molecular weight is 522 g/mol. The van der Waals surface area contributed by atoms with Crippen LogP contribution in [0.15, 0.2) is 55.1 Å². The van der Waals surface area contributed by atoms with Crippen molar-refractivity contribution in [2.75, 3.05) is 39.3 Å². The number of nitrogens with zero attached hydrogens (tertiary/aromatic N) is 3. The fourth-order valence-electron chi connectivity index (χ4n) is 5.45. The Labute approximate surface area is 226 Å². The van der Waals surface area contributed by atoms with E-state index in [1.165, 1.54) is 12.1 Å². The lowest BCUT2D eigenvalue weighted by molar-refractivity contribution is -0.140. The van der Waals surface area contributed by atoms with Crippen LogP contribution in [-0.4, -0.2) is 71.9 Å². The minimum Gasteiger partial charge on any atom is -0.481 e. The molecule has 0 N–H and O–H groups in total. The van der Waals surface area contributed by atoms with Gasteiger partial charge >= 0.3 is 0 Å². The summed E-state index contributed by atoms with van der Waals surface area (Å²) in [6, 6.07) is 11.9. The Morgan fingerprint density at radius 2 is 1.87 bits per heavy atom. The topological polar surface area (TPSA) is 53.1 Å². The van der Waals surface area contributed by atoms with E-state index in [4.69, 9.17) is 4.74 Å². The molecule has 2 aliphatic rings. The molecule has 2 aliphatic heterocycles. The van der Waals surface area contributed by atoms with Gasteiger partial charge in [-0.1, -0.05) is 45.0 Å². The number of rotatable bonds is 9. The summed E-state index contributed by atoms with van der Waals surface area (Å²) in [4.78, 5) is 32.6. The number of carbonyl (C=O) groups excluding carboxylic acids is 2. The standard InChI is InChI=1S/C31H40FN3O3/c1-5-13-33-15-17-34(18-16-33)31(37)28(6-2)38-26-11-10-23-12-14-35(29(36)19-22(3)4)30(27(23)21-26)24-8-7-9-25(32)20-24/h5,7-11,20-22,28,30H,1,6,12-19H2,2-4H3. The van der Waals surface area contributed by atoms with Crippen LogP contribution in [0.25, 0.3) is 0 Å². The third-order valence-corrected chi connectivity index (χ3v) is 7.41. The average Bonchev–Trinajstić information content (AvgIpc) is 2.90. The van der Waals surface area contributed by atoms with Crippen LogP contribution in [-0.2, 0) is 16.0 Å². The molecule has 0 bridgehead atoms. The Hall–Kier alpha value is -3.19. The normalized spacial score (nSPS) is 18.7. The first-order valence-electron chi connectivity index (χ1n) is 13.8. The summed E-state index contributed by atoms with van der Waals surface area (Å²) in [6.07, 6.45) is 3.00. The highest BCUT2D eigenvalue weighted by Crippen LogP contribution is 2.38. The molecular formula is C31H40FN3O3. The van der Waals surface area contributed by atoms with Crippen LogP contribution in [0.4, 0.5) is 4.39 Å². The first-order chi connectivity index (χ1) is 18.3. The number of ether oxygens (including phenoxy) is 1. The zero-order valence-corrected chi connectivity index (χ0v) is 22.9. The van der Waals surface area contributed by atoms with Crippen LogP contribution < -0.4 is 4.74 Å². The molecule has 2 atom stereocenters. The highest BCUT2D eigenvalue weighted by atomic mass is 19.1. The van der Waals surface area contributed by atoms with Crippen LogP contribution in [0.3, 0.4) is 0 Å². The van der Waals surface area contributed by atoms with Crippen molar-refractivity contribution in [3.8, 4) is 5.75 Å². The van der Waals surface area contributed by atoms with Crippen molar-refractivity contribution in [2.24, 2.45) is 5.92 Å². The molecule has 1 fully saturated rings. The molecule has 2 aromatic carbocycles. The summed E-state index contributed by atoms with van der Waals surface area (Å²) in [5, 5.41) is 0. The van der Waals surface area contributed by atoms with Gasteiger partial charge in [0.2, 0.25) is 5.91 Å². The smallest absolute Gasteiger partial charge is 0.263 e. The van der Waals surface area contributed by atoms with Crippen molar-refractivity contribution in [2.45, 2.75) is 52.2 Å². The van der Waals surface area contributed by atoms with Gasteiger partial charge in [-0.15, -0.1) is 6.58 Å². The van der Waals surface area contributed by atoms with Crippen LogP contribution in [0, 0.1) is 11.7 Å². The van der Waals surface area contributed by atoms with Gasteiger partial charge in [0, 0.05) is 45.7 Å². The fraction of sp³-hybridized carbons (Fsp3) is 0.484. The van der Waals surface area contributed by atoms with Crippen molar-refractivity contribution in [1.82, 2.24) is 14.7 Å². The zero-order chi connectivity index (χ0) is 27.2. The lowest BCUT2D eigenvalue weighted by Gasteiger charge is -2.38. The predicted octanol–water partition coefficient (Wildman–Crippen LogP) is 4.83. The summed E-state index contributed by atoms with van der Waals surface area (Å²) in [5.41, 5.74) is 2.77. The van der Waals surface area contributed by atoms with Crippen LogP contribution in [0.2, 0.25) is 0 Å². The van der Waals surface area contributed by atoms with E-state index in [9.17, 15) is 14.0 Å². The molecule has 1 saturated heterocycles. The maximum atomic E-state index is 14.3. The SMILES string of the molecule is C=CCN1CCN(C(=O)C(CC)Oc2ccc3c(c2)C(c2cccc(F)c2)N(C(=O)CC(C)C)CC3)CC1. The van der Waals surface area contributed by atoms with Crippen LogP contribution in [0.1, 0.15) is 56.3 Å². The second-order valence-corrected chi connectivity index (χ2v) is 10.7. The van der Waals surface area contributed by atoms with E-state index in [0.717, 1.165) is 42.7 Å². The second-order valence-electron chi connectivity index (χ2n) is 10.7. The Bertz CT molecular complexity index is 1140. The summed E-state index contributed by atoms with van der Waals surface area (Å²) < 4.78 is 20.6. The molecule has 2 unspecified atom stereocenters. The molecular weight excluding hydrogens is 481 g/mol. The van der Waals surface area contributed by atoms with Gasteiger partial charge in [0.05, 0.1) is 6.04 Å². The van der Waals surface area contributed by atoms with E-state index < -0.39 is 12.1 Å². The molecule has 0 aliphatic carbocycles. The molecule has 0 radical (unpaired) electrons. The lowest BCUT2D eigenvalue weighted by Crippen LogP contribution is -2.52. The molecule has 2 amide bonds. The molecule has 38 heavy (non-hydrogen) atoms. The number of carbonyl (C=O) groups is 2. The molecule has 0 spiro atoms. The minimum atomic E-state index is -0.589. The first kappa shape index (κ1) is 27.8. The van der Waals surface area contributed by atoms with E-state index >= 15 is 0 Å². The second kappa shape index (κ2) is 12.6. The summed E-state index contributed by atoms with van der Waals surface area (Å²) in [6.45, 7) is 14.2. The van der Waals surface area contributed by atoms with Crippen molar-refractivity contribution in [3.63, 3.8) is 0 Å². The van der Waals surface area contributed by atoms with Gasteiger partial charge in [-0.25, -0.2) is 4.39 Å². The van der Waals surface area contributed by atoms with E-state index in [0.29, 0.717) is 38.2 Å². The summed E-state index contributed by atoms with van der Waals surface area (Å²) >= 11 is 0.